The van der Waals surface area contributed by atoms with E-state index in [0.717, 1.165) is 5.88 Å². The number of thioether (sulfide) groups is 1. The lowest BCUT2D eigenvalue weighted by atomic mass is 11.1. The number of hydrazone groups is 1. The number of hydrogen-bond donors (Lipinski definition) is 1. The fraction of sp³-hybridized carbons (Fsp3) is 0.667. The first-order valence-corrected chi connectivity index (χ1v) is 2.95. The van der Waals surface area contributed by atoms with Crippen molar-refractivity contribution in [1.82, 2.24) is 5.01 Å². The van der Waals surface area contributed by atoms with E-state index in [0.29, 0.717) is 5.17 Å². The summed E-state index contributed by atoms with van der Waals surface area (Å²) in [5.41, 5.74) is 5.30. The maximum atomic E-state index is 5.30. The molecule has 1 heterocycles. The average Bonchev–Trinajstić information content (AvgIpc) is 1.87. The fourth-order valence-corrected chi connectivity index (χ4v) is 0.959. The van der Waals surface area contributed by atoms with E-state index in [2.05, 4.69) is 5.10 Å². The molecule has 0 bridgehead atoms. The highest BCUT2D eigenvalue weighted by atomic mass is 32.2. The SMILES string of the molecule is CN1CSC(N)=N1. The van der Waals surface area contributed by atoms with E-state index >= 15 is 0 Å². The highest BCUT2D eigenvalue weighted by molar-refractivity contribution is 8.13. The molecule has 0 aromatic rings. The minimum Gasteiger partial charge on any atom is -0.377 e. The van der Waals surface area contributed by atoms with Gasteiger partial charge in [0.05, 0.1) is 5.88 Å². The van der Waals surface area contributed by atoms with E-state index < -0.39 is 0 Å². The standard InChI is InChI=1S/C3H7N3S/c1-6-2-7-3(4)5-6/h2H2,1H3,(H2,4,5). The first kappa shape index (κ1) is 4.77. The Morgan fingerprint density at radius 1 is 2.00 bits per heavy atom. The summed E-state index contributed by atoms with van der Waals surface area (Å²) < 4.78 is 0. The zero-order chi connectivity index (χ0) is 5.28. The molecule has 0 aliphatic carbocycles. The van der Waals surface area contributed by atoms with Gasteiger partial charge in [-0.25, -0.2) is 0 Å². The van der Waals surface area contributed by atoms with Crippen molar-refractivity contribution in [2.75, 3.05) is 12.9 Å². The van der Waals surface area contributed by atoms with Crippen LogP contribution in [0, 0.1) is 0 Å². The summed E-state index contributed by atoms with van der Waals surface area (Å²) in [7, 11) is 1.90. The van der Waals surface area contributed by atoms with Gasteiger partial charge in [-0.15, -0.1) is 0 Å². The van der Waals surface area contributed by atoms with Gasteiger partial charge in [-0.1, -0.05) is 11.8 Å². The van der Waals surface area contributed by atoms with E-state index in [4.69, 9.17) is 5.73 Å². The third kappa shape index (κ3) is 0.991. The average molecular weight is 117 g/mol. The number of amidine groups is 1. The predicted molar refractivity (Wildman–Crippen MR) is 31.8 cm³/mol. The number of nitrogens with zero attached hydrogens (tertiary/aromatic N) is 2. The molecule has 40 valence electrons. The summed E-state index contributed by atoms with van der Waals surface area (Å²) in [5, 5.41) is 6.35. The largest absolute Gasteiger partial charge is 0.377 e. The van der Waals surface area contributed by atoms with E-state index in [1.807, 2.05) is 7.05 Å². The molecule has 3 nitrogen and oxygen atoms in total. The molecule has 0 radical (unpaired) electrons. The van der Waals surface area contributed by atoms with Crippen molar-refractivity contribution >= 4 is 16.9 Å². The van der Waals surface area contributed by atoms with Crippen molar-refractivity contribution in [2.24, 2.45) is 10.8 Å². The predicted octanol–water partition coefficient (Wildman–Crippen LogP) is -0.148. The maximum Gasteiger partial charge on any atom is 0.179 e. The van der Waals surface area contributed by atoms with Gasteiger partial charge in [0.15, 0.2) is 5.17 Å². The second-order valence-corrected chi connectivity index (χ2v) is 2.33. The molecule has 0 saturated carbocycles. The van der Waals surface area contributed by atoms with Crippen LogP contribution < -0.4 is 5.73 Å². The van der Waals surface area contributed by atoms with Gasteiger partial charge in [-0.05, 0) is 0 Å². The Bertz CT molecular complexity index is 100. The molecule has 0 fully saturated rings. The van der Waals surface area contributed by atoms with Gasteiger partial charge in [-0.2, -0.15) is 5.10 Å². The van der Waals surface area contributed by atoms with E-state index in [1.54, 1.807) is 16.8 Å². The monoisotopic (exact) mass is 117 g/mol. The molecule has 0 amide bonds. The second-order valence-electron chi connectivity index (χ2n) is 1.37. The van der Waals surface area contributed by atoms with Gasteiger partial charge in [-0.3, -0.25) is 5.01 Å². The first-order valence-electron chi connectivity index (χ1n) is 1.97. The molecular weight excluding hydrogens is 110 g/mol. The van der Waals surface area contributed by atoms with Crippen molar-refractivity contribution in [3.8, 4) is 0 Å². The summed E-state index contributed by atoms with van der Waals surface area (Å²) in [6, 6.07) is 0. The molecule has 0 aromatic carbocycles. The lowest BCUT2D eigenvalue weighted by molar-refractivity contribution is 0.429. The Morgan fingerprint density at radius 2 is 2.71 bits per heavy atom. The van der Waals surface area contributed by atoms with Gasteiger partial charge < -0.3 is 5.73 Å². The Labute approximate surface area is 46.6 Å². The number of nitrogens with two attached hydrogens (primary N) is 1. The van der Waals surface area contributed by atoms with Crippen LogP contribution in [0.1, 0.15) is 0 Å². The zero-order valence-corrected chi connectivity index (χ0v) is 4.90. The van der Waals surface area contributed by atoms with Gasteiger partial charge in [0.2, 0.25) is 0 Å². The van der Waals surface area contributed by atoms with Gasteiger partial charge in [0.25, 0.3) is 0 Å². The maximum absolute atomic E-state index is 5.30. The summed E-state index contributed by atoms with van der Waals surface area (Å²) in [6.45, 7) is 0. The molecule has 0 spiro atoms. The molecule has 4 heteroatoms. The van der Waals surface area contributed by atoms with Crippen molar-refractivity contribution in [3.63, 3.8) is 0 Å². The summed E-state index contributed by atoms with van der Waals surface area (Å²) in [5.74, 6) is 0.895. The van der Waals surface area contributed by atoms with Crippen LogP contribution in [0.4, 0.5) is 0 Å². The minimum absolute atomic E-state index is 0.669. The highest BCUT2D eigenvalue weighted by Crippen LogP contribution is 2.09. The van der Waals surface area contributed by atoms with Gasteiger partial charge >= 0.3 is 0 Å². The molecule has 1 aliphatic rings. The molecular formula is C3H7N3S. The lowest BCUT2D eigenvalue weighted by Crippen LogP contribution is -2.04. The van der Waals surface area contributed by atoms with Crippen LogP contribution >= 0.6 is 11.8 Å². The quantitative estimate of drug-likeness (QED) is 0.480. The fourth-order valence-electron chi connectivity index (χ4n) is 0.386. The van der Waals surface area contributed by atoms with Gasteiger partial charge in [0.1, 0.15) is 0 Å². The zero-order valence-electron chi connectivity index (χ0n) is 4.09. The van der Waals surface area contributed by atoms with E-state index in [1.165, 1.54) is 0 Å². The molecule has 0 saturated heterocycles. The molecule has 0 unspecified atom stereocenters. The normalized spacial score (nSPS) is 20.1. The highest BCUT2D eigenvalue weighted by Gasteiger charge is 2.04. The molecule has 1 rings (SSSR count). The molecule has 0 aromatic heterocycles. The van der Waals surface area contributed by atoms with Crippen LogP contribution in [-0.2, 0) is 0 Å². The first-order chi connectivity index (χ1) is 3.29. The van der Waals surface area contributed by atoms with Crippen LogP contribution in [0.2, 0.25) is 0 Å². The molecule has 1 aliphatic heterocycles. The topological polar surface area (TPSA) is 41.6 Å². The van der Waals surface area contributed by atoms with Crippen LogP contribution in [0.25, 0.3) is 0 Å². The smallest absolute Gasteiger partial charge is 0.179 e. The molecule has 0 atom stereocenters. The van der Waals surface area contributed by atoms with Gasteiger partial charge in [0, 0.05) is 7.05 Å². The summed E-state index contributed by atoms with van der Waals surface area (Å²) >= 11 is 1.56. The third-order valence-corrected chi connectivity index (χ3v) is 1.55. The Morgan fingerprint density at radius 3 is 2.86 bits per heavy atom. The van der Waals surface area contributed by atoms with E-state index in [9.17, 15) is 0 Å². The van der Waals surface area contributed by atoms with Crippen LogP contribution in [0.3, 0.4) is 0 Å². The Hall–Kier alpha value is -0.380. The molecule has 7 heavy (non-hydrogen) atoms. The lowest BCUT2D eigenvalue weighted by Gasteiger charge is -1.98. The van der Waals surface area contributed by atoms with Crippen LogP contribution in [0.15, 0.2) is 5.10 Å². The Balaban J connectivity index is 2.50. The Kier molecular flexibility index (Phi) is 1.10. The second kappa shape index (κ2) is 1.61. The summed E-state index contributed by atoms with van der Waals surface area (Å²) in [6.07, 6.45) is 0. The van der Waals surface area contributed by atoms with Crippen molar-refractivity contribution < 1.29 is 0 Å². The van der Waals surface area contributed by atoms with E-state index in [-0.39, 0.29) is 0 Å². The van der Waals surface area contributed by atoms with Crippen molar-refractivity contribution in [3.05, 3.63) is 0 Å². The van der Waals surface area contributed by atoms with Crippen molar-refractivity contribution in [1.29, 1.82) is 0 Å². The third-order valence-electron chi connectivity index (χ3n) is 0.669. The van der Waals surface area contributed by atoms with Crippen molar-refractivity contribution in [2.45, 2.75) is 0 Å². The molecule has 2 N–H and O–H groups in total. The minimum atomic E-state index is 0.669. The summed E-state index contributed by atoms with van der Waals surface area (Å²) in [4.78, 5) is 0. The van der Waals surface area contributed by atoms with Crippen LogP contribution in [0.5, 0.6) is 0 Å². The number of rotatable bonds is 0. The number of hydrogen-bond acceptors (Lipinski definition) is 4. The van der Waals surface area contributed by atoms with Crippen LogP contribution in [-0.4, -0.2) is 23.1 Å².